The lowest BCUT2D eigenvalue weighted by molar-refractivity contribution is -0.0600. The molecular formula is C31H41N3O5S2. The number of phenolic OH excluding ortho intramolecular Hbond substituents is 2. The van der Waals surface area contributed by atoms with Crippen LogP contribution in [0.1, 0.15) is 79.1 Å². The smallest absolute Gasteiger partial charge is 0.406 e. The van der Waals surface area contributed by atoms with E-state index in [0.29, 0.717) is 35.9 Å². The fourth-order valence-corrected chi connectivity index (χ4v) is 9.22. The molecule has 0 aromatic heterocycles. The molecule has 2 fully saturated rings. The van der Waals surface area contributed by atoms with Crippen LogP contribution in [-0.4, -0.2) is 68.8 Å². The first-order valence-corrected chi connectivity index (χ1v) is 16.5. The van der Waals surface area contributed by atoms with Crippen LogP contribution in [0, 0.1) is 5.41 Å². The van der Waals surface area contributed by atoms with E-state index in [1.165, 1.54) is 24.5 Å². The number of alkyl carbamates (subject to hydrolysis) is 1. The van der Waals surface area contributed by atoms with Gasteiger partial charge in [0.25, 0.3) is 5.91 Å². The van der Waals surface area contributed by atoms with Crippen molar-refractivity contribution in [3.05, 3.63) is 58.1 Å². The Balaban J connectivity index is 1.09. The van der Waals surface area contributed by atoms with Gasteiger partial charge in [-0.15, -0.1) is 0 Å². The van der Waals surface area contributed by atoms with Crippen LogP contribution in [-0.2, 0) is 24.4 Å². The van der Waals surface area contributed by atoms with Gasteiger partial charge in [0.15, 0.2) is 0 Å². The molecule has 1 saturated heterocycles. The first-order valence-electron chi connectivity index (χ1n) is 14.2. The van der Waals surface area contributed by atoms with Crippen LogP contribution in [0.2, 0.25) is 0 Å². The van der Waals surface area contributed by atoms with E-state index >= 15 is 0 Å². The van der Waals surface area contributed by atoms with Gasteiger partial charge in [-0.05, 0) is 66.3 Å². The highest BCUT2D eigenvalue weighted by molar-refractivity contribution is 8.77. The van der Waals surface area contributed by atoms with E-state index in [-0.39, 0.29) is 39.7 Å². The molecule has 1 aliphatic carbocycles. The molecule has 1 saturated carbocycles. The van der Waals surface area contributed by atoms with Crippen molar-refractivity contribution >= 4 is 33.6 Å². The lowest BCUT2D eigenvalue weighted by Gasteiger charge is -2.59. The number of benzene rings is 2. The third kappa shape index (κ3) is 6.60. The minimum absolute atomic E-state index is 0.0137. The van der Waals surface area contributed by atoms with Gasteiger partial charge in [-0.1, -0.05) is 53.6 Å². The number of carbonyl (C=O) groups excluding carboxylic acids is 2. The number of carbonyl (C=O) groups is 2. The van der Waals surface area contributed by atoms with Crippen LogP contribution in [0.25, 0.3) is 0 Å². The standard InChI is InChI=1S/C31H41N3O5S2/c1-19(2)24-9-25(27(36)10-26(24)35)28(37)34-14-21-7-6-20(8-22(21)15-34)13-33-16-31(17-33)11-23(12-31)40-41-30(3,4)18-39-29(38)32-5/h6-10,19,23,35-36H,11-18H2,1-5H3,(H,32,38). The summed E-state index contributed by atoms with van der Waals surface area (Å²) in [5.41, 5.74) is 4.91. The second-order valence-electron chi connectivity index (χ2n) is 12.8. The van der Waals surface area contributed by atoms with E-state index in [4.69, 9.17) is 4.74 Å². The van der Waals surface area contributed by atoms with E-state index in [9.17, 15) is 19.8 Å². The zero-order valence-corrected chi connectivity index (χ0v) is 26.2. The molecule has 2 aromatic rings. The summed E-state index contributed by atoms with van der Waals surface area (Å²) in [5, 5.41) is 23.7. The molecule has 3 aliphatic rings. The zero-order chi connectivity index (χ0) is 29.5. The van der Waals surface area contributed by atoms with Crippen LogP contribution in [0.3, 0.4) is 0 Å². The minimum atomic E-state index is -0.385. The van der Waals surface area contributed by atoms with Gasteiger partial charge in [0, 0.05) is 51.1 Å². The maximum Gasteiger partial charge on any atom is 0.406 e. The fourth-order valence-electron chi connectivity index (χ4n) is 6.13. The normalized spacial score (nSPS) is 18.2. The predicted molar refractivity (Wildman–Crippen MR) is 164 cm³/mol. The highest BCUT2D eigenvalue weighted by Crippen LogP contribution is 2.56. The maximum atomic E-state index is 13.3. The number of likely N-dealkylation sites (tertiary alicyclic amines) is 1. The molecule has 3 N–H and O–H groups in total. The Bertz CT molecular complexity index is 1320. The third-order valence-electron chi connectivity index (χ3n) is 8.29. The Morgan fingerprint density at radius 2 is 1.80 bits per heavy atom. The monoisotopic (exact) mass is 599 g/mol. The molecule has 10 heteroatoms. The van der Waals surface area contributed by atoms with Crippen LogP contribution in [0.4, 0.5) is 4.79 Å². The van der Waals surface area contributed by atoms with Gasteiger partial charge in [-0.25, -0.2) is 4.79 Å². The van der Waals surface area contributed by atoms with Gasteiger partial charge < -0.3 is 25.2 Å². The average molecular weight is 600 g/mol. The van der Waals surface area contributed by atoms with Gasteiger partial charge in [0.1, 0.15) is 18.1 Å². The molecule has 0 unspecified atom stereocenters. The van der Waals surface area contributed by atoms with Crippen molar-refractivity contribution in [1.82, 2.24) is 15.1 Å². The molecule has 0 radical (unpaired) electrons. The molecule has 2 heterocycles. The second kappa shape index (κ2) is 11.6. The lowest BCUT2D eigenvalue weighted by atomic mass is 9.63. The van der Waals surface area contributed by atoms with Crippen LogP contribution >= 0.6 is 21.6 Å². The Labute approximate surface area is 250 Å². The molecule has 5 rings (SSSR count). The number of nitrogens with one attached hydrogen (secondary N) is 1. The molecule has 0 bridgehead atoms. The van der Waals surface area contributed by atoms with Gasteiger partial charge in [0.05, 0.1) is 10.3 Å². The molecular weight excluding hydrogens is 558 g/mol. The van der Waals surface area contributed by atoms with Crippen molar-refractivity contribution in [2.45, 2.75) is 76.1 Å². The number of rotatable bonds is 9. The van der Waals surface area contributed by atoms with Crippen molar-refractivity contribution in [2.75, 3.05) is 26.7 Å². The molecule has 41 heavy (non-hydrogen) atoms. The van der Waals surface area contributed by atoms with Crippen LogP contribution < -0.4 is 5.32 Å². The van der Waals surface area contributed by atoms with E-state index < -0.39 is 0 Å². The molecule has 222 valence electrons. The number of hydrogen-bond donors (Lipinski definition) is 3. The number of amides is 2. The lowest BCUT2D eigenvalue weighted by Crippen LogP contribution is -2.62. The SMILES string of the molecule is CNC(=O)OCC(C)(C)SSC1CC2(C1)CN(Cc1ccc3c(c1)CN(C(=O)c1cc(C(C)C)c(O)cc1O)C3)C2. The van der Waals surface area contributed by atoms with Gasteiger partial charge >= 0.3 is 6.09 Å². The zero-order valence-electron chi connectivity index (χ0n) is 24.5. The van der Waals surface area contributed by atoms with Crippen LogP contribution in [0.5, 0.6) is 11.5 Å². The van der Waals surface area contributed by atoms with Crippen molar-refractivity contribution in [2.24, 2.45) is 5.41 Å². The molecule has 2 aliphatic heterocycles. The molecule has 8 nitrogen and oxygen atoms in total. The summed E-state index contributed by atoms with van der Waals surface area (Å²) in [6.07, 6.45) is 2.08. The topological polar surface area (TPSA) is 102 Å². The van der Waals surface area contributed by atoms with Crippen LogP contribution in [0.15, 0.2) is 30.3 Å². The Morgan fingerprint density at radius 1 is 1.10 bits per heavy atom. The summed E-state index contributed by atoms with van der Waals surface area (Å²) in [4.78, 5) is 28.9. The highest BCUT2D eigenvalue weighted by Gasteiger charge is 2.52. The summed E-state index contributed by atoms with van der Waals surface area (Å²) in [7, 11) is 5.32. The van der Waals surface area contributed by atoms with E-state index in [0.717, 1.165) is 30.8 Å². The summed E-state index contributed by atoms with van der Waals surface area (Å²) < 4.78 is 5.12. The largest absolute Gasteiger partial charge is 0.508 e. The predicted octanol–water partition coefficient (Wildman–Crippen LogP) is 5.86. The maximum absolute atomic E-state index is 13.3. The van der Waals surface area contributed by atoms with Crippen molar-refractivity contribution in [3.63, 3.8) is 0 Å². The quantitative estimate of drug-likeness (QED) is 0.308. The van der Waals surface area contributed by atoms with Crippen molar-refractivity contribution in [3.8, 4) is 11.5 Å². The Hall–Kier alpha value is -2.56. The van der Waals surface area contributed by atoms with E-state index in [1.807, 2.05) is 35.4 Å². The average Bonchev–Trinajstić information content (AvgIpc) is 3.30. The second-order valence-corrected chi connectivity index (χ2v) is 16.0. The summed E-state index contributed by atoms with van der Waals surface area (Å²) in [6, 6.07) is 9.43. The number of phenols is 2. The van der Waals surface area contributed by atoms with Gasteiger partial charge in [-0.2, -0.15) is 0 Å². The first-order chi connectivity index (χ1) is 19.4. The molecule has 1 spiro atoms. The number of fused-ring (bicyclic) bond motifs is 1. The Morgan fingerprint density at radius 3 is 2.49 bits per heavy atom. The number of ether oxygens (including phenoxy) is 1. The summed E-state index contributed by atoms with van der Waals surface area (Å²) >= 11 is 0. The van der Waals surface area contributed by atoms with E-state index in [2.05, 4.69) is 42.3 Å². The molecule has 0 atom stereocenters. The third-order valence-corrected chi connectivity index (χ3v) is 12.0. The highest BCUT2D eigenvalue weighted by atomic mass is 33.1. The number of nitrogens with zero attached hydrogens (tertiary/aromatic N) is 2. The number of aromatic hydroxyl groups is 2. The van der Waals surface area contributed by atoms with Gasteiger partial charge in [-0.3, -0.25) is 9.69 Å². The number of hydrogen-bond acceptors (Lipinski definition) is 8. The Kier molecular flexibility index (Phi) is 8.47. The van der Waals surface area contributed by atoms with Crippen molar-refractivity contribution < 1.29 is 24.5 Å². The van der Waals surface area contributed by atoms with Gasteiger partial charge in [0.2, 0.25) is 0 Å². The van der Waals surface area contributed by atoms with Crippen molar-refractivity contribution in [1.29, 1.82) is 0 Å². The van der Waals surface area contributed by atoms with E-state index in [1.54, 1.807) is 18.0 Å². The minimum Gasteiger partial charge on any atom is -0.508 e. The first kappa shape index (κ1) is 29.9. The fraction of sp³-hybridized carbons (Fsp3) is 0.548. The summed E-state index contributed by atoms with van der Waals surface area (Å²) in [5.74, 6) is -0.350. The molecule has 2 aromatic carbocycles. The summed E-state index contributed by atoms with van der Waals surface area (Å²) in [6.45, 7) is 12.7. The molecule has 2 amide bonds.